The van der Waals surface area contributed by atoms with E-state index in [1.54, 1.807) is 6.08 Å². The molecule has 0 saturated heterocycles. The minimum atomic E-state index is -0.919. The van der Waals surface area contributed by atoms with Crippen LogP contribution in [0.2, 0.25) is 0 Å². The predicted molar refractivity (Wildman–Crippen MR) is 76.0 cm³/mol. The number of nitrogens with zero attached hydrogens (tertiary/aromatic N) is 1. The van der Waals surface area contributed by atoms with Crippen molar-refractivity contribution in [1.82, 2.24) is 0 Å². The topological polar surface area (TPSA) is 40.5 Å². The number of benzene rings is 1. The lowest BCUT2D eigenvalue weighted by Gasteiger charge is -2.24. The third-order valence-electron chi connectivity index (χ3n) is 2.86. The largest absolute Gasteiger partial charge is 0.478 e. The molecule has 3 nitrogen and oxygen atoms in total. The number of carbonyl (C=O) groups is 1. The molecule has 0 aromatic heterocycles. The lowest BCUT2D eigenvalue weighted by Crippen LogP contribution is -2.24. The fourth-order valence-corrected chi connectivity index (χ4v) is 2.02. The minimum absolute atomic E-state index is 0.919. The van der Waals surface area contributed by atoms with Gasteiger partial charge in [0.25, 0.3) is 0 Å². The van der Waals surface area contributed by atoms with Crippen LogP contribution in [-0.4, -0.2) is 24.2 Å². The van der Waals surface area contributed by atoms with Crippen LogP contribution in [0.4, 0.5) is 5.69 Å². The van der Waals surface area contributed by atoms with Crippen LogP contribution < -0.4 is 4.90 Å². The van der Waals surface area contributed by atoms with Crippen molar-refractivity contribution in [3.8, 4) is 0 Å². The van der Waals surface area contributed by atoms with Crippen LogP contribution in [0.3, 0.4) is 0 Å². The summed E-state index contributed by atoms with van der Waals surface area (Å²) in [4.78, 5) is 12.8. The fraction of sp³-hybridized carbons (Fsp3) is 0.400. The molecule has 0 aliphatic carbocycles. The van der Waals surface area contributed by atoms with Gasteiger partial charge in [-0.05, 0) is 49.6 Å². The average molecular weight is 247 g/mol. The lowest BCUT2D eigenvalue weighted by atomic mass is 10.1. The smallest absolute Gasteiger partial charge is 0.328 e. The van der Waals surface area contributed by atoms with Crippen molar-refractivity contribution in [2.24, 2.45) is 0 Å². The number of anilines is 1. The zero-order valence-corrected chi connectivity index (χ0v) is 11.3. The standard InChI is InChI=1S/C15H21NO2/c1-4-10-16(5-2)14-8-6-13(11-12(14)3)7-9-15(17)18/h6-9,11H,4-5,10H2,1-3H3,(H,17,18)/b9-7+. The number of rotatable bonds is 6. The Bertz CT molecular complexity index is 438. The fourth-order valence-electron chi connectivity index (χ4n) is 2.02. The van der Waals surface area contributed by atoms with E-state index in [9.17, 15) is 4.79 Å². The molecule has 0 amide bonds. The van der Waals surface area contributed by atoms with Gasteiger partial charge in [0.15, 0.2) is 0 Å². The predicted octanol–water partition coefficient (Wildman–Crippen LogP) is 3.33. The molecule has 3 heteroatoms. The Balaban J connectivity index is 2.94. The molecule has 0 saturated carbocycles. The van der Waals surface area contributed by atoms with Crippen LogP contribution in [-0.2, 0) is 4.79 Å². The van der Waals surface area contributed by atoms with Crippen molar-refractivity contribution in [3.63, 3.8) is 0 Å². The Morgan fingerprint density at radius 1 is 1.39 bits per heavy atom. The first-order valence-corrected chi connectivity index (χ1v) is 6.35. The van der Waals surface area contributed by atoms with Crippen molar-refractivity contribution in [1.29, 1.82) is 0 Å². The molecule has 1 rings (SSSR count). The molecule has 1 aromatic carbocycles. The Kier molecular flexibility index (Phi) is 5.43. The van der Waals surface area contributed by atoms with Gasteiger partial charge in [0.05, 0.1) is 0 Å². The Hall–Kier alpha value is -1.77. The van der Waals surface area contributed by atoms with E-state index < -0.39 is 5.97 Å². The van der Waals surface area contributed by atoms with Gasteiger partial charge in [-0.25, -0.2) is 4.79 Å². The molecule has 0 atom stereocenters. The number of aryl methyl sites for hydroxylation is 1. The van der Waals surface area contributed by atoms with E-state index >= 15 is 0 Å². The van der Waals surface area contributed by atoms with Gasteiger partial charge >= 0.3 is 5.97 Å². The summed E-state index contributed by atoms with van der Waals surface area (Å²) in [5.41, 5.74) is 3.33. The summed E-state index contributed by atoms with van der Waals surface area (Å²) >= 11 is 0. The van der Waals surface area contributed by atoms with E-state index in [4.69, 9.17) is 5.11 Å². The van der Waals surface area contributed by atoms with Crippen molar-refractivity contribution >= 4 is 17.7 Å². The van der Waals surface area contributed by atoms with Crippen LogP contribution in [0.5, 0.6) is 0 Å². The third kappa shape index (κ3) is 3.91. The van der Waals surface area contributed by atoms with Crippen LogP contribution in [0.25, 0.3) is 6.08 Å². The van der Waals surface area contributed by atoms with Crippen molar-refractivity contribution < 1.29 is 9.90 Å². The van der Waals surface area contributed by atoms with Gasteiger partial charge in [0, 0.05) is 24.9 Å². The number of hydrogen-bond acceptors (Lipinski definition) is 2. The van der Waals surface area contributed by atoms with E-state index in [0.29, 0.717) is 0 Å². The van der Waals surface area contributed by atoms with Crippen molar-refractivity contribution in [2.75, 3.05) is 18.0 Å². The summed E-state index contributed by atoms with van der Waals surface area (Å²) in [6.07, 6.45) is 3.90. The summed E-state index contributed by atoms with van der Waals surface area (Å²) in [6.45, 7) is 8.40. The highest BCUT2D eigenvalue weighted by Gasteiger charge is 2.06. The summed E-state index contributed by atoms with van der Waals surface area (Å²) in [5, 5.41) is 8.60. The van der Waals surface area contributed by atoms with E-state index in [-0.39, 0.29) is 0 Å². The van der Waals surface area contributed by atoms with Gasteiger partial charge in [-0.2, -0.15) is 0 Å². The molecule has 0 heterocycles. The summed E-state index contributed by atoms with van der Waals surface area (Å²) in [7, 11) is 0. The second-order valence-electron chi connectivity index (χ2n) is 4.30. The van der Waals surface area contributed by atoms with Gasteiger partial charge in [-0.3, -0.25) is 0 Å². The molecule has 18 heavy (non-hydrogen) atoms. The van der Waals surface area contributed by atoms with E-state index in [1.165, 1.54) is 11.3 Å². The summed E-state index contributed by atoms with van der Waals surface area (Å²) in [6, 6.07) is 6.04. The Labute approximate surface area is 109 Å². The third-order valence-corrected chi connectivity index (χ3v) is 2.86. The molecule has 0 aliphatic heterocycles. The van der Waals surface area contributed by atoms with Gasteiger partial charge in [-0.15, -0.1) is 0 Å². The van der Waals surface area contributed by atoms with Crippen LogP contribution in [0, 0.1) is 6.92 Å². The molecule has 0 bridgehead atoms. The van der Waals surface area contributed by atoms with Gasteiger partial charge < -0.3 is 10.0 Å². The minimum Gasteiger partial charge on any atom is -0.478 e. The quantitative estimate of drug-likeness (QED) is 0.784. The zero-order chi connectivity index (χ0) is 13.5. The Morgan fingerprint density at radius 2 is 2.11 bits per heavy atom. The SMILES string of the molecule is CCCN(CC)c1ccc(/C=C/C(=O)O)cc1C. The average Bonchev–Trinajstić information content (AvgIpc) is 2.34. The number of carboxylic acid groups (broad SMARTS) is 1. The normalized spacial score (nSPS) is 10.8. The van der Waals surface area contributed by atoms with Crippen molar-refractivity contribution in [2.45, 2.75) is 27.2 Å². The molecule has 1 aromatic rings. The molecule has 98 valence electrons. The van der Waals surface area contributed by atoms with E-state index in [2.05, 4.69) is 31.7 Å². The number of hydrogen-bond donors (Lipinski definition) is 1. The molecule has 0 aliphatic rings. The maximum atomic E-state index is 10.5. The molecule has 0 spiro atoms. The monoisotopic (exact) mass is 247 g/mol. The van der Waals surface area contributed by atoms with Crippen LogP contribution >= 0.6 is 0 Å². The first-order valence-electron chi connectivity index (χ1n) is 6.35. The highest BCUT2D eigenvalue weighted by atomic mass is 16.4. The second-order valence-corrected chi connectivity index (χ2v) is 4.30. The Morgan fingerprint density at radius 3 is 2.61 bits per heavy atom. The molecular formula is C15H21NO2. The first-order chi connectivity index (χ1) is 8.58. The van der Waals surface area contributed by atoms with E-state index in [1.807, 2.05) is 12.1 Å². The van der Waals surface area contributed by atoms with Crippen LogP contribution in [0.1, 0.15) is 31.4 Å². The highest BCUT2D eigenvalue weighted by Crippen LogP contribution is 2.22. The maximum Gasteiger partial charge on any atom is 0.328 e. The van der Waals surface area contributed by atoms with Gasteiger partial charge in [0.2, 0.25) is 0 Å². The van der Waals surface area contributed by atoms with Gasteiger partial charge in [-0.1, -0.05) is 13.0 Å². The van der Waals surface area contributed by atoms with Crippen molar-refractivity contribution in [3.05, 3.63) is 35.4 Å². The highest BCUT2D eigenvalue weighted by molar-refractivity contribution is 5.85. The molecule has 0 radical (unpaired) electrons. The molecular weight excluding hydrogens is 226 g/mol. The molecule has 0 fully saturated rings. The summed E-state index contributed by atoms with van der Waals surface area (Å²) < 4.78 is 0. The van der Waals surface area contributed by atoms with E-state index in [0.717, 1.165) is 31.1 Å². The lowest BCUT2D eigenvalue weighted by molar-refractivity contribution is -0.131. The second kappa shape index (κ2) is 6.84. The molecule has 0 unspecified atom stereocenters. The van der Waals surface area contributed by atoms with Gasteiger partial charge in [0.1, 0.15) is 0 Å². The molecule has 1 N–H and O–H groups in total. The van der Waals surface area contributed by atoms with Crippen LogP contribution in [0.15, 0.2) is 24.3 Å². The summed E-state index contributed by atoms with van der Waals surface area (Å²) in [5.74, 6) is -0.919. The number of aliphatic carboxylic acids is 1. The first kappa shape index (κ1) is 14.3. The number of carboxylic acids is 1. The maximum absolute atomic E-state index is 10.5. The zero-order valence-electron chi connectivity index (χ0n) is 11.3.